The molecule has 1 saturated heterocycles. The van der Waals surface area contributed by atoms with Gasteiger partial charge in [-0.25, -0.2) is 4.79 Å². The lowest BCUT2D eigenvalue weighted by Gasteiger charge is -2.37. The molecule has 1 aromatic carbocycles. The summed E-state index contributed by atoms with van der Waals surface area (Å²) in [7, 11) is 0. The van der Waals surface area contributed by atoms with E-state index >= 15 is 0 Å². The van der Waals surface area contributed by atoms with Gasteiger partial charge in [0.25, 0.3) is 0 Å². The number of urea groups is 1. The van der Waals surface area contributed by atoms with Crippen molar-refractivity contribution < 1.29 is 9.59 Å². The van der Waals surface area contributed by atoms with E-state index in [1.165, 1.54) is 16.8 Å². The summed E-state index contributed by atoms with van der Waals surface area (Å²) in [6.45, 7) is 8.23. The average Bonchev–Trinajstić information content (AvgIpc) is 2.60. The van der Waals surface area contributed by atoms with Crippen molar-refractivity contribution in [1.29, 1.82) is 0 Å². The van der Waals surface area contributed by atoms with Crippen LogP contribution >= 0.6 is 0 Å². The molecule has 0 saturated carbocycles. The smallest absolute Gasteiger partial charge is 0.312 e. The van der Waals surface area contributed by atoms with E-state index in [-0.39, 0.29) is 5.91 Å². The number of benzene rings is 1. The van der Waals surface area contributed by atoms with Crippen LogP contribution < -0.4 is 16.0 Å². The van der Waals surface area contributed by atoms with Crippen molar-refractivity contribution in [2.75, 3.05) is 37.6 Å². The van der Waals surface area contributed by atoms with E-state index in [1.54, 1.807) is 0 Å². The molecule has 1 aliphatic rings. The molecule has 6 nitrogen and oxygen atoms in total. The lowest BCUT2D eigenvalue weighted by atomic mass is 10.1. The summed E-state index contributed by atoms with van der Waals surface area (Å²) in [6, 6.07) is 5.91. The molecule has 2 rings (SSSR count). The van der Waals surface area contributed by atoms with Gasteiger partial charge in [-0.3, -0.25) is 4.79 Å². The van der Waals surface area contributed by atoms with Gasteiger partial charge in [-0.05, 0) is 43.9 Å². The lowest BCUT2D eigenvalue weighted by Crippen LogP contribution is -2.49. The molecule has 1 fully saturated rings. The van der Waals surface area contributed by atoms with Gasteiger partial charge < -0.3 is 20.9 Å². The van der Waals surface area contributed by atoms with Crippen LogP contribution in [0.4, 0.5) is 10.5 Å². The molecule has 0 atom stereocenters. The van der Waals surface area contributed by atoms with E-state index in [0.717, 1.165) is 45.4 Å². The molecule has 0 aliphatic carbocycles. The molecule has 0 aromatic heterocycles. The Labute approximate surface area is 150 Å². The van der Waals surface area contributed by atoms with Crippen LogP contribution in [0, 0.1) is 13.8 Å². The zero-order valence-electron chi connectivity index (χ0n) is 15.4. The van der Waals surface area contributed by atoms with E-state index in [4.69, 9.17) is 5.73 Å². The van der Waals surface area contributed by atoms with Gasteiger partial charge in [0.05, 0.1) is 0 Å². The predicted molar refractivity (Wildman–Crippen MR) is 101 cm³/mol. The molecule has 0 radical (unpaired) electrons. The highest BCUT2D eigenvalue weighted by atomic mass is 16.2. The van der Waals surface area contributed by atoms with Crippen LogP contribution in [0.15, 0.2) is 18.2 Å². The number of hydrogen-bond donors (Lipinski definition) is 2. The normalized spacial score (nSPS) is 14.5. The average molecular weight is 346 g/mol. The van der Waals surface area contributed by atoms with E-state index in [0.29, 0.717) is 13.0 Å². The monoisotopic (exact) mass is 346 g/mol. The molecular formula is C19H30N4O2. The maximum absolute atomic E-state index is 12.3. The van der Waals surface area contributed by atoms with Gasteiger partial charge >= 0.3 is 6.03 Å². The molecule has 25 heavy (non-hydrogen) atoms. The van der Waals surface area contributed by atoms with E-state index < -0.39 is 6.03 Å². The fraction of sp³-hybridized carbons (Fsp3) is 0.579. The topological polar surface area (TPSA) is 78.7 Å². The minimum Gasteiger partial charge on any atom is -0.368 e. The number of rotatable bonds is 7. The summed E-state index contributed by atoms with van der Waals surface area (Å²) in [5.41, 5.74) is 8.93. The molecular weight excluding hydrogens is 316 g/mol. The van der Waals surface area contributed by atoms with E-state index in [1.807, 2.05) is 4.90 Å². The van der Waals surface area contributed by atoms with Crippen molar-refractivity contribution in [2.24, 2.45) is 5.73 Å². The zero-order chi connectivity index (χ0) is 18.2. The Hall–Kier alpha value is -2.24. The van der Waals surface area contributed by atoms with Crippen LogP contribution in [-0.4, -0.2) is 49.6 Å². The number of anilines is 1. The summed E-state index contributed by atoms with van der Waals surface area (Å²) in [4.78, 5) is 27.2. The Bertz CT molecular complexity index is 595. The Morgan fingerprint density at radius 2 is 1.80 bits per heavy atom. The molecule has 6 heteroatoms. The number of nitrogens with zero attached hydrogens (tertiary/aromatic N) is 2. The minimum atomic E-state index is -0.488. The Kier molecular flexibility index (Phi) is 7.10. The first kappa shape index (κ1) is 19.1. The quantitative estimate of drug-likeness (QED) is 0.743. The minimum absolute atomic E-state index is 0.239. The molecule has 138 valence electrons. The number of piperazine rings is 1. The number of carbonyl (C=O) groups excluding carboxylic acids is 2. The highest BCUT2D eigenvalue weighted by molar-refractivity contribution is 5.76. The molecule has 1 aromatic rings. The van der Waals surface area contributed by atoms with Gasteiger partial charge in [0.1, 0.15) is 0 Å². The second-order valence-electron chi connectivity index (χ2n) is 6.69. The van der Waals surface area contributed by atoms with Crippen LogP contribution in [0.25, 0.3) is 0 Å². The van der Waals surface area contributed by atoms with Gasteiger partial charge in [0.2, 0.25) is 5.91 Å². The first-order valence-corrected chi connectivity index (χ1v) is 9.11. The second kappa shape index (κ2) is 9.30. The van der Waals surface area contributed by atoms with Crippen LogP contribution in [0.2, 0.25) is 0 Å². The maximum atomic E-state index is 12.3. The first-order valence-electron chi connectivity index (χ1n) is 9.11. The number of carbonyl (C=O) groups is 2. The number of nitrogens with two attached hydrogens (primary N) is 1. The Morgan fingerprint density at radius 1 is 1.08 bits per heavy atom. The Balaban J connectivity index is 1.70. The predicted octanol–water partition coefficient (Wildman–Crippen LogP) is 2.18. The second-order valence-corrected chi connectivity index (χ2v) is 6.69. The van der Waals surface area contributed by atoms with Crippen LogP contribution in [0.3, 0.4) is 0 Å². The molecule has 0 unspecified atom stereocenters. The number of hydrogen-bond acceptors (Lipinski definition) is 3. The van der Waals surface area contributed by atoms with E-state index in [9.17, 15) is 9.59 Å². The first-order chi connectivity index (χ1) is 12.0. The van der Waals surface area contributed by atoms with Crippen molar-refractivity contribution >= 4 is 17.6 Å². The SMILES string of the molecule is Cc1cccc(N2CCN(C(=O)CCCCCNC(N)=O)CC2)c1C. The van der Waals surface area contributed by atoms with Crippen molar-refractivity contribution in [3.05, 3.63) is 29.3 Å². The fourth-order valence-electron chi connectivity index (χ4n) is 3.22. The van der Waals surface area contributed by atoms with Crippen molar-refractivity contribution in [3.8, 4) is 0 Å². The van der Waals surface area contributed by atoms with Gasteiger partial charge in [-0.1, -0.05) is 18.6 Å². The summed E-state index contributed by atoms with van der Waals surface area (Å²) >= 11 is 0. The molecule has 3 N–H and O–H groups in total. The summed E-state index contributed by atoms with van der Waals surface area (Å²) < 4.78 is 0. The fourth-order valence-corrected chi connectivity index (χ4v) is 3.22. The Morgan fingerprint density at radius 3 is 2.48 bits per heavy atom. The largest absolute Gasteiger partial charge is 0.368 e. The summed E-state index contributed by atoms with van der Waals surface area (Å²) in [5.74, 6) is 0.239. The summed E-state index contributed by atoms with van der Waals surface area (Å²) in [6.07, 6.45) is 3.22. The van der Waals surface area contributed by atoms with Crippen molar-refractivity contribution in [1.82, 2.24) is 10.2 Å². The van der Waals surface area contributed by atoms with Crippen molar-refractivity contribution in [3.63, 3.8) is 0 Å². The maximum Gasteiger partial charge on any atom is 0.312 e. The number of primary amides is 1. The molecule has 0 spiro atoms. The number of aryl methyl sites for hydroxylation is 1. The highest BCUT2D eigenvalue weighted by Gasteiger charge is 2.21. The highest BCUT2D eigenvalue weighted by Crippen LogP contribution is 2.24. The number of nitrogens with one attached hydrogen (secondary N) is 1. The van der Waals surface area contributed by atoms with Crippen LogP contribution in [0.1, 0.15) is 36.8 Å². The molecule has 1 heterocycles. The zero-order valence-corrected chi connectivity index (χ0v) is 15.4. The van der Waals surface area contributed by atoms with Gasteiger partial charge in [0.15, 0.2) is 0 Å². The molecule has 3 amide bonds. The number of amides is 3. The molecule has 0 bridgehead atoms. The lowest BCUT2D eigenvalue weighted by molar-refractivity contribution is -0.131. The third-order valence-electron chi connectivity index (χ3n) is 4.92. The van der Waals surface area contributed by atoms with E-state index in [2.05, 4.69) is 42.3 Å². The number of unbranched alkanes of at least 4 members (excludes halogenated alkanes) is 2. The van der Waals surface area contributed by atoms with Gasteiger partial charge in [0, 0.05) is 44.8 Å². The molecule has 1 aliphatic heterocycles. The standard InChI is InChI=1S/C19H30N4O2/c1-15-7-6-8-17(16(15)2)22-11-13-23(14-12-22)18(24)9-4-3-5-10-21-19(20)25/h6-8H,3-5,9-14H2,1-2H3,(H3,20,21,25). The van der Waals surface area contributed by atoms with Gasteiger partial charge in [-0.15, -0.1) is 0 Å². The summed E-state index contributed by atoms with van der Waals surface area (Å²) in [5, 5.41) is 2.56. The third kappa shape index (κ3) is 5.66. The van der Waals surface area contributed by atoms with Crippen LogP contribution in [0.5, 0.6) is 0 Å². The van der Waals surface area contributed by atoms with Crippen molar-refractivity contribution in [2.45, 2.75) is 39.5 Å². The third-order valence-corrected chi connectivity index (χ3v) is 4.92. The van der Waals surface area contributed by atoms with Gasteiger partial charge in [-0.2, -0.15) is 0 Å². The van der Waals surface area contributed by atoms with Crippen LogP contribution in [-0.2, 0) is 4.79 Å².